The molecule has 0 aliphatic carbocycles. The van der Waals surface area contributed by atoms with Gasteiger partial charge in [0.05, 0.1) is 6.42 Å². The molecule has 3 rings (SSSR count). The Morgan fingerprint density at radius 1 is 1.19 bits per heavy atom. The average Bonchev–Trinajstić information content (AvgIpc) is 2.97. The lowest BCUT2D eigenvalue weighted by Crippen LogP contribution is -2.26. The number of nitrogen functional groups attached to an aromatic ring is 1. The van der Waals surface area contributed by atoms with Gasteiger partial charge in [0, 0.05) is 43.3 Å². The number of hydrogen-bond donors (Lipinski definition) is 2. The van der Waals surface area contributed by atoms with E-state index in [0.29, 0.717) is 12.3 Å². The van der Waals surface area contributed by atoms with Crippen molar-refractivity contribution in [2.45, 2.75) is 26.8 Å². The number of amides is 1. The summed E-state index contributed by atoms with van der Waals surface area (Å²) in [5.41, 5.74) is 10.2. The molecular formula is C18H23N7O. The van der Waals surface area contributed by atoms with E-state index in [1.54, 1.807) is 4.52 Å². The van der Waals surface area contributed by atoms with E-state index < -0.39 is 0 Å². The summed E-state index contributed by atoms with van der Waals surface area (Å²) in [5, 5.41) is 7.08. The van der Waals surface area contributed by atoms with Crippen molar-refractivity contribution in [3.05, 3.63) is 46.8 Å². The molecule has 0 bridgehead atoms. The fraction of sp³-hybridized carbons (Fsp3) is 0.333. The molecule has 0 atom stereocenters. The molecular weight excluding hydrogens is 330 g/mol. The van der Waals surface area contributed by atoms with E-state index in [1.165, 1.54) is 0 Å². The van der Waals surface area contributed by atoms with Crippen LogP contribution in [-0.4, -0.2) is 39.6 Å². The van der Waals surface area contributed by atoms with Crippen molar-refractivity contribution in [3.8, 4) is 0 Å². The van der Waals surface area contributed by atoms with E-state index in [-0.39, 0.29) is 18.3 Å². The number of nitrogens with two attached hydrogens (primary N) is 1. The highest BCUT2D eigenvalue weighted by atomic mass is 16.1. The zero-order valence-electron chi connectivity index (χ0n) is 15.4. The molecule has 0 saturated heterocycles. The SMILES string of the molecule is Cc1nc2nc(N)nn2c(C)c1CC(=O)NCc1ccc(N(C)C)cc1. The molecule has 136 valence electrons. The molecule has 8 heteroatoms. The van der Waals surface area contributed by atoms with Gasteiger partial charge in [0.2, 0.25) is 11.9 Å². The normalized spacial score (nSPS) is 10.9. The fourth-order valence-corrected chi connectivity index (χ4v) is 2.82. The lowest BCUT2D eigenvalue weighted by atomic mass is 10.1. The Bertz CT molecular complexity index is 944. The van der Waals surface area contributed by atoms with E-state index in [4.69, 9.17) is 5.73 Å². The van der Waals surface area contributed by atoms with Crippen molar-refractivity contribution < 1.29 is 4.79 Å². The number of aromatic nitrogens is 4. The van der Waals surface area contributed by atoms with Crippen LogP contribution < -0.4 is 16.0 Å². The van der Waals surface area contributed by atoms with Gasteiger partial charge in [-0.1, -0.05) is 12.1 Å². The standard InChI is InChI=1S/C18H23N7O/c1-11-15(12(2)25-18(21-11)22-17(19)23-25)9-16(26)20-10-13-5-7-14(8-6-13)24(3)4/h5-8H,9-10H2,1-4H3,(H2,19,23)(H,20,26). The van der Waals surface area contributed by atoms with Gasteiger partial charge < -0.3 is 16.0 Å². The molecule has 26 heavy (non-hydrogen) atoms. The Kier molecular flexibility index (Phi) is 4.75. The van der Waals surface area contributed by atoms with Gasteiger partial charge in [0.25, 0.3) is 5.78 Å². The molecule has 0 spiro atoms. The summed E-state index contributed by atoms with van der Waals surface area (Å²) in [5.74, 6) is 0.549. The van der Waals surface area contributed by atoms with Crippen molar-refractivity contribution in [1.82, 2.24) is 24.9 Å². The largest absolute Gasteiger partial charge is 0.378 e. The number of rotatable bonds is 5. The van der Waals surface area contributed by atoms with Gasteiger partial charge in [-0.25, -0.2) is 4.98 Å². The quantitative estimate of drug-likeness (QED) is 0.716. The molecule has 0 aliphatic heterocycles. The van der Waals surface area contributed by atoms with Crippen LogP contribution >= 0.6 is 0 Å². The third kappa shape index (κ3) is 3.58. The molecule has 0 unspecified atom stereocenters. The second-order valence-electron chi connectivity index (χ2n) is 6.46. The van der Waals surface area contributed by atoms with Crippen molar-refractivity contribution in [1.29, 1.82) is 0 Å². The third-order valence-corrected chi connectivity index (χ3v) is 4.35. The van der Waals surface area contributed by atoms with Crippen molar-refractivity contribution >= 4 is 23.3 Å². The summed E-state index contributed by atoms with van der Waals surface area (Å²) in [6.45, 7) is 4.23. The van der Waals surface area contributed by atoms with Gasteiger partial charge in [0.15, 0.2) is 0 Å². The number of anilines is 2. The summed E-state index contributed by atoms with van der Waals surface area (Å²) < 4.78 is 1.57. The molecule has 2 heterocycles. The van der Waals surface area contributed by atoms with Gasteiger partial charge in [-0.15, -0.1) is 5.10 Å². The van der Waals surface area contributed by atoms with Crippen LogP contribution in [0.15, 0.2) is 24.3 Å². The minimum atomic E-state index is -0.0675. The highest BCUT2D eigenvalue weighted by Crippen LogP contribution is 2.15. The van der Waals surface area contributed by atoms with Gasteiger partial charge in [-0.3, -0.25) is 4.79 Å². The fourth-order valence-electron chi connectivity index (χ4n) is 2.82. The van der Waals surface area contributed by atoms with E-state index in [1.807, 2.05) is 57.1 Å². The number of nitrogens with zero attached hydrogens (tertiary/aromatic N) is 5. The van der Waals surface area contributed by atoms with Gasteiger partial charge in [-0.05, 0) is 31.5 Å². The number of hydrogen-bond acceptors (Lipinski definition) is 6. The predicted molar refractivity (Wildman–Crippen MR) is 101 cm³/mol. The summed E-state index contributed by atoms with van der Waals surface area (Å²) in [7, 11) is 3.99. The van der Waals surface area contributed by atoms with Crippen LogP contribution in [0.1, 0.15) is 22.5 Å². The van der Waals surface area contributed by atoms with Gasteiger partial charge in [0.1, 0.15) is 0 Å². The Hall–Kier alpha value is -3.16. The number of nitrogens with one attached hydrogen (secondary N) is 1. The number of carbonyl (C=O) groups excluding carboxylic acids is 1. The minimum absolute atomic E-state index is 0.0675. The molecule has 3 aromatic rings. The average molecular weight is 353 g/mol. The first-order valence-corrected chi connectivity index (χ1v) is 8.36. The smallest absolute Gasteiger partial charge is 0.254 e. The number of benzene rings is 1. The molecule has 0 aliphatic rings. The number of fused-ring (bicyclic) bond motifs is 1. The summed E-state index contributed by atoms with van der Waals surface area (Å²) in [4.78, 5) is 22.9. The Morgan fingerprint density at radius 3 is 2.54 bits per heavy atom. The number of aryl methyl sites for hydroxylation is 2. The summed E-state index contributed by atoms with van der Waals surface area (Å²) in [6, 6.07) is 8.08. The van der Waals surface area contributed by atoms with Crippen molar-refractivity contribution in [2.24, 2.45) is 0 Å². The van der Waals surface area contributed by atoms with Crippen LogP contribution in [0.2, 0.25) is 0 Å². The van der Waals surface area contributed by atoms with Crippen LogP contribution in [0.3, 0.4) is 0 Å². The monoisotopic (exact) mass is 353 g/mol. The first-order chi connectivity index (χ1) is 12.3. The molecule has 0 radical (unpaired) electrons. The second kappa shape index (κ2) is 6.99. The maximum Gasteiger partial charge on any atom is 0.254 e. The van der Waals surface area contributed by atoms with Crippen LogP contribution in [-0.2, 0) is 17.8 Å². The van der Waals surface area contributed by atoms with E-state index >= 15 is 0 Å². The first-order valence-electron chi connectivity index (χ1n) is 8.36. The zero-order chi connectivity index (χ0) is 18.8. The van der Waals surface area contributed by atoms with E-state index in [0.717, 1.165) is 28.2 Å². The maximum absolute atomic E-state index is 12.4. The third-order valence-electron chi connectivity index (χ3n) is 4.35. The van der Waals surface area contributed by atoms with Crippen LogP contribution in [0.4, 0.5) is 11.6 Å². The van der Waals surface area contributed by atoms with E-state index in [9.17, 15) is 4.79 Å². The predicted octanol–water partition coefficient (Wildman–Crippen LogP) is 1.25. The van der Waals surface area contributed by atoms with E-state index in [2.05, 4.69) is 20.4 Å². The molecule has 1 amide bonds. The Labute approximate surface area is 152 Å². The molecule has 3 N–H and O–H groups in total. The molecule has 2 aromatic heterocycles. The summed E-state index contributed by atoms with van der Waals surface area (Å²) >= 11 is 0. The van der Waals surface area contributed by atoms with Crippen LogP contribution in [0, 0.1) is 13.8 Å². The highest BCUT2D eigenvalue weighted by molar-refractivity contribution is 5.79. The van der Waals surface area contributed by atoms with Crippen molar-refractivity contribution in [2.75, 3.05) is 24.7 Å². The van der Waals surface area contributed by atoms with Gasteiger partial charge in [-0.2, -0.15) is 9.50 Å². The Morgan fingerprint density at radius 2 is 1.88 bits per heavy atom. The van der Waals surface area contributed by atoms with Crippen LogP contribution in [0.5, 0.6) is 0 Å². The Balaban J connectivity index is 1.69. The van der Waals surface area contributed by atoms with Gasteiger partial charge >= 0.3 is 0 Å². The number of carbonyl (C=O) groups is 1. The highest BCUT2D eigenvalue weighted by Gasteiger charge is 2.15. The maximum atomic E-state index is 12.4. The molecule has 1 aromatic carbocycles. The lowest BCUT2D eigenvalue weighted by Gasteiger charge is -2.13. The van der Waals surface area contributed by atoms with Crippen molar-refractivity contribution in [3.63, 3.8) is 0 Å². The molecule has 0 fully saturated rings. The molecule has 0 saturated carbocycles. The zero-order valence-corrected chi connectivity index (χ0v) is 15.4. The molecule has 8 nitrogen and oxygen atoms in total. The lowest BCUT2D eigenvalue weighted by molar-refractivity contribution is -0.120. The topological polar surface area (TPSA) is 101 Å². The summed E-state index contributed by atoms with van der Waals surface area (Å²) in [6.07, 6.45) is 0.232. The minimum Gasteiger partial charge on any atom is -0.378 e. The second-order valence-corrected chi connectivity index (χ2v) is 6.46. The van der Waals surface area contributed by atoms with Crippen LogP contribution in [0.25, 0.3) is 5.78 Å². The first kappa shape index (κ1) is 17.7.